The van der Waals surface area contributed by atoms with Gasteiger partial charge in [-0.05, 0) is 17.7 Å². The molecule has 0 aromatic heterocycles. The van der Waals surface area contributed by atoms with E-state index in [4.69, 9.17) is 9.47 Å². The Bertz CT molecular complexity index is 796. The number of methoxy groups -OCH3 is 1. The number of nitriles is 1. The molecule has 0 unspecified atom stereocenters. The highest BCUT2D eigenvalue weighted by atomic mass is 16.5. The molecule has 0 aliphatic rings. The molecule has 1 amide bonds. The molecule has 6 nitrogen and oxygen atoms in total. The molecular weight excluding hydrogens is 320 g/mol. The Balaban J connectivity index is 2.14. The van der Waals surface area contributed by atoms with Gasteiger partial charge in [0.15, 0.2) is 6.61 Å². The number of nitrogens with one attached hydrogen (secondary N) is 1. The molecule has 6 heteroatoms. The van der Waals surface area contributed by atoms with Crippen LogP contribution in [0.25, 0.3) is 11.1 Å². The molecule has 2 aromatic rings. The molecule has 0 saturated heterocycles. The SMILES string of the molecule is COCCNC(=O)COC(=O)c1ccccc1-c1ccccc1C#N. The largest absolute Gasteiger partial charge is 0.452 e. The van der Waals surface area contributed by atoms with E-state index in [2.05, 4.69) is 11.4 Å². The minimum absolute atomic E-state index is 0.301. The van der Waals surface area contributed by atoms with Crippen LogP contribution >= 0.6 is 0 Å². The molecule has 0 bridgehead atoms. The minimum atomic E-state index is -0.620. The first-order valence-electron chi connectivity index (χ1n) is 7.68. The second kappa shape index (κ2) is 9.21. The standard InChI is InChI=1S/C19H18N2O4/c1-24-11-10-21-18(22)13-25-19(23)17-9-5-4-8-16(17)15-7-3-2-6-14(15)12-20/h2-9H,10-11,13H2,1H3,(H,21,22). The second-order valence-corrected chi connectivity index (χ2v) is 5.12. The van der Waals surface area contributed by atoms with Crippen molar-refractivity contribution in [1.29, 1.82) is 5.26 Å². The van der Waals surface area contributed by atoms with Crippen LogP contribution < -0.4 is 5.32 Å². The maximum absolute atomic E-state index is 12.4. The first-order valence-corrected chi connectivity index (χ1v) is 7.68. The van der Waals surface area contributed by atoms with Crippen molar-refractivity contribution in [1.82, 2.24) is 5.32 Å². The van der Waals surface area contributed by atoms with Gasteiger partial charge in [0.25, 0.3) is 5.91 Å². The second-order valence-electron chi connectivity index (χ2n) is 5.12. The molecular formula is C19H18N2O4. The molecule has 0 aliphatic heterocycles. The van der Waals surface area contributed by atoms with Crippen molar-refractivity contribution in [2.45, 2.75) is 0 Å². The third kappa shape index (κ3) is 4.90. The number of carbonyl (C=O) groups excluding carboxylic acids is 2. The smallest absolute Gasteiger partial charge is 0.339 e. The molecule has 2 rings (SSSR count). The van der Waals surface area contributed by atoms with Gasteiger partial charge >= 0.3 is 5.97 Å². The normalized spacial score (nSPS) is 9.92. The molecule has 128 valence electrons. The molecule has 0 atom stereocenters. The maximum Gasteiger partial charge on any atom is 0.339 e. The van der Waals surface area contributed by atoms with Crippen LogP contribution in [-0.4, -0.2) is 38.7 Å². The zero-order chi connectivity index (χ0) is 18.1. The number of benzene rings is 2. The van der Waals surface area contributed by atoms with E-state index in [-0.39, 0.29) is 6.61 Å². The summed E-state index contributed by atoms with van der Waals surface area (Å²) in [7, 11) is 1.53. The topological polar surface area (TPSA) is 88.4 Å². The molecule has 0 heterocycles. The van der Waals surface area contributed by atoms with Crippen LogP contribution in [0.3, 0.4) is 0 Å². The highest BCUT2D eigenvalue weighted by molar-refractivity contribution is 5.98. The summed E-state index contributed by atoms with van der Waals surface area (Å²) in [6.45, 7) is 0.350. The first-order chi connectivity index (χ1) is 12.2. The highest BCUT2D eigenvalue weighted by Gasteiger charge is 2.16. The third-order valence-corrected chi connectivity index (χ3v) is 3.45. The number of rotatable bonds is 7. The minimum Gasteiger partial charge on any atom is -0.452 e. The maximum atomic E-state index is 12.4. The van der Waals surface area contributed by atoms with E-state index < -0.39 is 11.9 Å². The van der Waals surface area contributed by atoms with E-state index in [0.717, 1.165) is 0 Å². The Labute approximate surface area is 146 Å². The van der Waals surface area contributed by atoms with Gasteiger partial charge in [-0.3, -0.25) is 4.79 Å². The number of amides is 1. The Hall–Kier alpha value is -3.17. The molecule has 0 fully saturated rings. The fourth-order valence-electron chi connectivity index (χ4n) is 2.26. The fourth-order valence-corrected chi connectivity index (χ4v) is 2.26. The Morgan fingerprint density at radius 1 is 1.08 bits per heavy atom. The van der Waals surface area contributed by atoms with Gasteiger partial charge in [-0.2, -0.15) is 5.26 Å². The average molecular weight is 338 g/mol. The van der Waals surface area contributed by atoms with E-state index >= 15 is 0 Å². The van der Waals surface area contributed by atoms with Crippen molar-refractivity contribution < 1.29 is 19.1 Å². The van der Waals surface area contributed by atoms with Crippen molar-refractivity contribution in [3.63, 3.8) is 0 Å². The van der Waals surface area contributed by atoms with E-state index in [0.29, 0.717) is 35.4 Å². The van der Waals surface area contributed by atoms with Gasteiger partial charge in [0.1, 0.15) is 0 Å². The van der Waals surface area contributed by atoms with Crippen LogP contribution in [0.1, 0.15) is 15.9 Å². The van der Waals surface area contributed by atoms with Crippen molar-refractivity contribution in [3.8, 4) is 17.2 Å². The van der Waals surface area contributed by atoms with Gasteiger partial charge in [0.2, 0.25) is 0 Å². The average Bonchev–Trinajstić information content (AvgIpc) is 2.66. The van der Waals surface area contributed by atoms with Crippen LogP contribution in [0, 0.1) is 11.3 Å². The summed E-state index contributed by atoms with van der Waals surface area (Å²) in [4.78, 5) is 24.0. The van der Waals surface area contributed by atoms with Crippen LogP contribution in [0.15, 0.2) is 48.5 Å². The lowest BCUT2D eigenvalue weighted by atomic mass is 9.96. The number of esters is 1. The first kappa shape index (κ1) is 18.2. The summed E-state index contributed by atoms with van der Waals surface area (Å²) in [5, 5.41) is 11.8. The van der Waals surface area contributed by atoms with Crippen molar-refractivity contribution >= 4 is 11.9 Å². The molecule has 0 saturated carbocycles. The molecule has 0 radical (unpaired) electrons. The number of nitrogens with zero attached hydrogens (tertiary/aromatic N) is 1. The zero-order valence-electron chi connectivity index (χ0n) is 13.8. The van der Waals surface area contributed by atoms with Crippen LogP contribution in [-0.2, 0) is 14.3 Å². The van der Waals surface area contributed by atoms with Gasteiger partial charge < -0.3 is 14.8 Å². The third-order valence-electron chi connectivity index (χ3n) is 3.45. The highest BCUT2D eigenvalue weighted by Crippen LogP contribution is 2.27. The summed E-state index contributed by atoms with van der Waals surface area (Å²) < 4.78 is 9.91. The molecule has 2 aromatic carbocycles. The van der Waals surface area contributed by atoms with E-state index in [9.17, 15) is 14.9 Å². The van der Waals surface area contributed by atoms with E-state index in [1.165, 1.54) is 7.11 Å². The number of ether oxygens (including phenoxy) is 2. The lowest BCUT2D eigenvalue weighted by Gasteiger charge is -2.11. The van der Waals surface area contributed by atoms with Crippen LogP contribution in [0.5, 0.6) is 0 Å². The predicted molar refractivity (Wildman–Crippen MR) is 91.8 cm³/mol. The predicted octanol–water partition coefficient (Wildman–Crippen LogP) is 2.14. The number of hydrogen-bond acceptors (Lipinski definition) is 5. The van der Waals surface area contributed by atoms with Crippen molar-refractivity contribution in [2.24, 2.45) is 0 Å². The summed E-state index contributed by atoms with van der Waals surface area (Å²) in [6.07, 6.45) is 0. The number of hydrogen-bond donors (Lipinski definition) is 1. The summed E-state index contributed by atoms with van der Waals surface area (Å²) >= 11 is 0. The van der Waals surface area contributed by atoms with E-state index in [1.54, 1.807) is 48.5 Å². The molecule has 1 N–H and O–H groups in total. The zero-order valence-corrected chi connectivity index (χ0v) is 13.8. The van der Waals surface area contributed by atoms with Gasteiger partial charge in [-0.25, -0.2) is 4.79 Å². The Morgan fingerprint density at radius 3 is 2.48 bits per heavy atom. The number of carbonyl (C=O) groups is 2. The van der Waals surface area contributed by atoms with Gasteiger partial charge in [0, 0.05) is 19.2 Å². The van der Waals surface area contributed by atoms with Crippen LogP contribution in [0.2, 0.25) is 0 Å². The summed E-state index contributed by atoms with van der Waals surface area (Å²) in [5.74, 6) is -1.02. The monoisotopic (exact) mass is 338 g/mol. The van der Waals surface area contributed by atoms with Crippen molar-refractivity contribution in [3.05, 3.63) is 59.7 Å². The van der Waals surface area contributed by atoms with Crippen molar-refractivity contribution in [2.75, 3.05) is 26.9 Å². The van der Waals surface area contributed by atoms with Gasteiger partial charge in [-0.15, -0.1) is 0 Å². The van der Waals surface area contributed by atoms with Gasteiger partial charge in [0.05, 0.1) is 23.8 Å². The quantitative estimate of drug-likeness (QED) is 0.617. The fraction of sp³-hybridized carbons (Fsp3) is 0.211. The van der Waals surface area contributed by atoms with E-state index in [1.807, 2.05) is 0 Å². The molecule has 25 heavy (non-hydrogen) atoms. The lowest BCUT2D eigenvalue weighted by Crippen LogP contribution is -2.31. The van der Waals surface area contributed by atoms with Gasteiger partial charge in [-0.1, -0.05) is 36.4 Å². The Morgan fingerprint density at radius 2 is 1.76 bits per heavy atom. The lowest BCUT2D eigenvalue weighted by molar-refractivity contribution is -0.124. The van der Waals surface area contributed by atoms with Crippen LogP contribution in [0.4, 0.5) is 0 Å². The summed E-state index contributed by atoms with van der Waals surface area (Å²) in [5.41, 5.74) is 1.99. The summed E-state index contributed by atoms with van der Waals surface area (Å²) in [6, 6.07) is 15.9. The Kier molecular flexibility index (Phi) is 6.69. The molecule has 0 spiro atoms. The molecule has 0 aliphatic carbocycles.